The van der Waals surface area contributed by atoms with Gasteiger partial charge < -0.3 is 5.32 Å². The van der Waals surface area contributed by atoms with Crippen molar-refractivity contribution < 1.29 is 4.79 Å². The maximum Gasteiger partial charge on any atom is 0.243 e. The van der Waals surface area contributed by atoms with Crippen molar-refractivity contribution in [2.24, 2.45) is 5.92 Å². The van der Waals surface area contributed by atoms with E-state index < -0.39 is 0 Å². The van der Waals surface area contributed by atoms with Crippen molar-refractivity contribution in [2.75, 3.05) is 6.54 Å². The first-order valence-electron chi connectivity index (χ1n) is 6.61. The number of rotatable bonds is 8. The third kappa shape index (κ3) is 12.5. The van der Waals surface area contributed by atoms with Crippen molar-refractivity contribution >= 4 is 5.91 Å². The van der Waals surface area contributed by atoms with Gasteiger partial charge in [0.25, 0.3) is 0 Å². The average Bonchev–Trinajstić information content (AvgIpc) is 2.34. The molecule has 0 aromatic rings. The van der Waals surface area contributed by atoms with E-state index >= 15 is 0 Å². The van der Waals surface area contributed by atoms with Crippen LogP contribution in [0.25, 0.3) is 0 Å². The van der Waals surface area contributed by atoms with Gasteiger partial charge in [0.2, 0.25) is 5.91 Å². The van der Waals surface area contributed by atoms with Crippen LogP contribution in [-0.2, 0) is 4.79 Å². The second-order valence-corrected chi connectivity index (χ2v) is 4.48. The van der Waals surface area contributed by atoms with Crippen LogP contribution in [0, 0.1) is 5.92 Å². The van der Waals surface area contributed by atoms with Gasteiger partial charge in [-0.05, 0) is 12.3 Å². The highest BCUT2D eigenvalue weighted by Gasteiger charge is 1.95. The Kier molecular flexibility index (Phi) is 10.9. The Morgan fingerprint density at radius 1 is 1.06 bits per heavy atom. The summed E-state index contributed by atoms with van der Waals surface area (Å²) in [5.41, 5.74) is 0. The molecule has 0 saturated carbocycles. The third-order valence-corrected chi connectivity index (χ3v) is 2.08. The Bertz CT molecular complexity index is 322. The summed E-state index contributed by atoms with van der Waals surface area (Å²) in [4.78, 5) is 11.3. The minimum atomic E-state index is -0.0415. The molecular formula is C16H25NO. The molecule has 0 aliphatic rings. The molecule has 0 bridgehead atoms. The van der Waals surface area contributed by atoms with Crippen molar-refractivity contribution in [1.29, 1.82) is 0 Å². The lowest BCUT2D eigenvalue weighted by Crippen LogP contribution is -2.25. The smallest absolute Gasteiger partial charge is 0.243 e. The monoisotopic (exact) mass is 247 g/mol. The van der Waals surface area contributed by atoms with E-state index in [1.807, 2.05) is 30.4 Å². The highest BCUT2D eigenvalue weighted by molar-refractivity contribution is 5.87. The molecule has 0 spiro atoms. The SMILES string of the molecule is CCC/C=C/C=C\C=C\C=C\C(=O)NCC(C)C. The lowest BCUT2D eigenvalue weighted by atomic mass is 10.2. The molecule has 100 valence electrons. The number of unbranched alkanes of at least 4 members (excludes halogenated alkanes) is 1. The Morgan fingerprint density at radius 2 is 1.67 bits per heavy atom. The summed E-state index contributed by atoms with van der Waals surface area (Å²) in [5.74, 6) is 0.441. The molecule has 0 rings (SSSR count). The number of hydrogen-bond donors (Lipinski definition) is 1. The van der Waals surface area contributed by atoms with Crippen LogP contribution in [0.5, 0.6) is 0 Å². The zero-order chi connectivity index (χ0) is 13.6. The second-order valence-electron chi connectivity index (χ2n) is 4.48. The molecule has 0 saturated heterocycles. The maximum atomic E-state index is 11.3. The molecule has 0 radical (unpaired) electrons. The lowest BCUT2D eigenvalue weighted by Gasteiger charge is -2.03. The summed E-state index contributed by atoms with van der Waals surface area (Å²) < 4.78 is 0. The Labute approximate surface area is 111 Å². The first kappa shape index (κ1) is 16.4. The number of carbonyl (C=O) groups is 1. The molecular weight excluding hydrogens is 222 g/mol. The largest absolute Gasteiger partial charge is 0.352 e. The molecule has 0 aromatic heterocycles. The van der Waals surface area contributed by atoms with Crippen LogP contribution in [0.4, 0.5) is 0 Å². The van der Waals surface area contributed by atoms with Crippen molar-refractivity contribution in [2.45, 2.75) is 33.6 Å². The standard InChI is InChI=1S/C16H25NO/c1-4-5-6-7-8-9-10-11-12-13-16(18)17-14-15(2)3/h6-13,15H,4-5,14H2,1-3H3,(H,17,18)/b7-6+,9-8-,11-10+,13-12+. The van der Waals surface area contributed by atoms with Crippen LogP contribution in [0.2, 0.25) is 0 Å². The average molecular weight is 247 g/mol. The van der Waals surface area contributed by atoms with Gasteiger partial charge in [0.15, 0.2) is 0 Å². The number of allylic oxidation sites excluding steroid dienone is 7. The van der Waals surface area contributed by atoms with E-state index in [9.17, 15) is 4.79 Å². The Hall–Kier alpha value is -1.57. The number of carbonyl (C=O) groups excluding carboxylic acids is 1. The van der Waals surface area contributed by atoms with Gasteiger partial charge in [-0.15, -0.1) is 0 Å². The summed E-state index contributed by atoms with van der Waals surface area (Å²) >= 11 is 0. The zero-order valence-electron chi connectivity index (χ0n) is 11.7. The highest BCUT2D eigenvalue weighted by Crippen LogP contribution is 1.90. The predicted molar refractivity (Wildman–Crippen MR) is 79.3 cm³/mol. The van der Waals surface area contributed by atoms with Crippen LogP contribution in [0.3, 0.4) is 0 Å². The summed E-state index contributed by atoms with van der Waals surface area (Å²) in [6.07, 6.45) is 17.4. The molecule has 0 aromatic carbocycles. The predicted octanol–water partition coefficient (Wildman–Crippen LogP) is 3.78. The van der Waals surface area contributed by atoms with Gasteiger partial charge in [-0.2, -0.15) is 0 Å². The number of nitrogens with one attached hydrogen (secondary N) is 1. The minimum Gasteiger partial charge on any atom is -0.352 e. The van der Waals surface area contributed by atoms with Gasteiger partial charge in [0.1, 0.15) is 0 Å². The van der Waals surface area contributed by atoms with Crippen molar-refractivity contribution in [3.63, 3.8) is 0 Å². The third-order valence-electron chi connectivity index (χ3n) is 2.08. The topological polar surface area (TPSA) is 29.1 Å². The van der Waals surface area contributed by atoms with Crippen molar-refractivity contribution in [1.82, 2.24) is 5.32 Å². The van der Waals surface area contributed by atoms with E-state index in [-0.39, 0.29) is 5.91 Å². The van der Waals surface area contributed by atoms with E-state index in [2.05, 4.69) is 32.2 Å². The van der Waals surface area contributed by atoms with Crippen molar-refractivity contribution in [3.05, 3.63) is 48.6 Å². The van der Waals surface area contributed by atoms with E-state index in [1.165, 1.54) is 6.42 Å². The molecule has 2 heteroatoms. The van der Waals surface area contributed by atoms with Gasteiger partial charge in [-0.1, -0.05) is 69.7 Å². The Balaban J connectivity index is 3.77. The van der Waals surface area contributed by atoms with E-state index in [1.54, 1.807) is 12.2 Å². The summed E-state index contributed by atoms with van der Waals surface area (Å²) in [6.45, 7) is 7.01. The summed E-state index contributed by atoms with van der Waals surface area (Å²) in [7, 11) is 0. The lowest BCUT2D eigenvalue weighted by molar-refractivity contribution is -0.116. The molecule has 0 atom stereocenters. The molecule has 18 heavy (non-hydrogen) atoms. The highest BCUT2D eigenvalue weighted by atomic mass is 16.1. The van der Waals surface area contributed by atoms with Crippen LogP contribution in [0.1, 0.15) is 33.6 Å². The zero-order valence-corrected chi connectivity index (χ0v) is 11.7. The van der Waals surface area contributed by atoms with Crippen molar-refractivity contribution in [3.8, 4) is 0 Å². The van der Waals surface area contributed by atoms with Gasteiger partial charge in [0.05, 0.1) is 0 Å². The van der Waals surface area contributed by atoms with E-state index in [4.69, 9.17) is 0 Å². The summed E-state index contributed by atoms with van der Waals surface area (Å²) in [6, 6.07) is 0. The van der Waals surface area contributed by atoms with Crippen LogP contribution in [0.15, 0.2) is 48.6 Å². The minimum absolute atomic E-state index is 0.0415. The van der Waals surface area contributed by atoms with Gasteiger partial charge in [0, 0.05) is 12.6 Å². The normalized spacial score (nSPS) is 12.7. The quantitative estimate of drug-likeness (QED) is 0.513. The number of hydrogen-bond acceptors (Lipinski definition) is 1. The van der Waals surface area contributed by atoms with Gasteiger partial charge in [-0.25, -0.2) is 0 Å². The maximum absolute atomic E-state index is 11.3. The first-order chi connectivity index (χ1) is 8.66. The molecule has 1 amide bonds. The molecule has 0 fully saturated rings. The first-order valence-corrected chi connectivity index (χ1v) is 6.61. The molecule has 2 nitrogen and oxygen atoms in total. The Morgan fingerprint density at radius 3 is 2.28 bits per heavy atom. The molecule has 0 aliphatic heterocycles. The van der Waals surface area contributed by atoms with E-state index in [0.717, 1.165) is 13.0 Å². The molecule has 1 N–H and O–H groups in total. The van der Waals surface area contributed by atoms with Crippen LogP contribution < -0.4 is 5.32 Å². The van der Waals surface area contributed by atoms with Gasteiger partial charge in [-0.3, -0.25) is 4.79 Å². The molecule has 0 unspecified atom stereocenters. The fourth-order valence-electron chi connectivity index (χ4n) is 1.10. The number of amides is 1. The second kappa shape index (κ2) is 11.9. The van der Waals surface area contributed by atoms with E-state index in [0.29, 0.717) is 5.92 Å². The van der Waals surface area contributed by atoms with Crippen LogP contribution in [-0.4, -0.2) is 12.5 Å². The summed E-state index contributed by atoms with van der Waals surface area (Å²) in [5, 5.41) is 2.82. The fraction of sp³-hybridized carbons (Fsp3) is 0.438. The van der Waals surface area contributed by atoms with Crippen LogP contribution >= 0.6 is 0 Å². The fourth-order valence-corrected chi connectivity index (χ4v) is 1.10. The molecule has 0 aliphatic carbocycles. The van der Waals surface area contributed by atoms with Gasteiger partial charge >= 0.3 is 0 Å². The molecule has 0 heterocycles.